The Balaban J connectivity index is 0.000000132. The Labute approximate surface area is 723 Å². The molecular weight excluding hydrogens is 1470 g/mol. The van der Waals surface area contributed by atoms with E-state index in [9.17, 15) is 0 Å². The fraction of sp³-hybridized carbons (Fsp3) is 0.324. The minimum absolute atomic E-state index is 0.00958. The molecule has 622 valence electrons. The predicted molar refractivity (Wildman–Crippen MR) is 503 cm³/mol. The Bertz CT molecular complexity index is 6210. The molecule has 0 fully saturated rings. The second kappa shape index (κ2) is 34.8. The van der Waals surface area contributed by atoms with E-state index in [2.05, 4.69) is 497 Å². The molecule has 0 atom stereocenters. The first kappa shape index (κ1) is 87.1. The van der Waals surface area contributed by atoms with Gasteiger partial charge in [0.15, 0.2) is 35.2 Å². The van der Waals surface area contributed by atoms with Gasteiger partial charge in [-0.3, -0.25) is 0 Å². The van der Waals surface area contributed by atoms with Crippen molar-refractivity contribution in [3.63, 3.8) is 0 Å². The van der Waals surface area contributed by atoms with Gasteiger partial charge in [-0.05, 0) is 221 Å². The minimum Gasteiger partial charge on any atom is -0.128 e. The van der Waals surface area contributed by atoms with Crippen LogP contribution in [0, 0.1) is 88.0 Å². The first-order chi connectivity index (χ1) is 57.3. The zero-order valence-electron chi connectivity index (χ0n) is 77.9. The number of hydrogen-bond donors (Lipinski definition) is 0. The number of hydrogen-bond acceptors (Lipinski definition) is 0. The predicted octanol–water partition coefficient (Wildman–Crippen LogP) is 23.8. The van der Waals surface area contributed by atoms with Gasteiger partial charge < -0.3 is 0 Å². The summed E-state index contributed by atoms with van der Waals surface area (Å²) in [4.78, 5) is 0. The number of para-hydroxylation sites is 5. The molecule has 10 aromatic carbocycles. The van der Waals surface area contributed by atoms with Crippen LogP contribution in [0.2, 0.25) is 0 Å². The van der Waals surface area contributed by atoms with E-state index >= 15 is 0 Å². The average molecular weight is 1610 g/mol. The van der Waals surface area contributed by atoms with E-state index in [1.165, 1.54) is 179 Å². The monoisotopic (exact) mass is 1610 g/mol. The van der Waals surface area contributed by atoms with E-state index in [1.807, 2.05) is 6.07 Å². The molecule has 0 aliphatic carbocycles. The zero-order chi connectivity index (χ0) is 87.2. The van der Waals surface area contributed by atoms with Gasteiger partial charge in [-0.2, -0.15) is 0 Å². The number of rotatable bonds is 12. The van der Waals surface area contributed by atoms with Crippen LogP contribution in [0.4, 0.5) is 0 Å². The molecular formula is C111H133N10+5. The van der Waals surface area contributed by atoms with Crippen molar-refractivity contribution in [2.45, 2.75) is 194 Å². The van der Waals surface area contributed by atoms with Crippen LogP contribution in [0.1, 0.15) is 178 Å². The standard InChI is InChI=1S/C31H43N2.C25H31N2.2C19H21N2.C17H17N2/c1-20(2)17-23-14-12-15-24(18-21(3)4)27(23)25-19-32(10)33-28-22(5)13-11-16-26(28)30(6,7)31(8,9)29(25)33;1-16-12-17(2)14-19(13-16)20-15-26(8)27-22-18(3)10-9-11-21(22)24(4,5)25(6,7)23(20)27;1-14-8-5-6-11-18(14)21-13-17(12-20(21)4)19-15(2)9-7-10-16(19)3;1-14-11-15(2)13-17(12-14)19-9-10-21(20(19)4)18-8-6-5-7-16(18)3;1-14-8-6-7-11-16(14)19-13-12-17(18(19)2)15-9-4-3-5-10-15/h11-16,19-21H,17-18H2,1-10H3;9-15H,1-8H3;2*5-13H,1-4H3;3-13H,1-2H3/q5*+1. The van der Waals surface area contributed by atoms with Gasteiger partial charge in [0.2, 0.25) is 30.0 Å². The van der Waals surface area contributed by atoms with E-state index < -0.39 is 0 Å². The number of nitrogens with zero attached hydrogens (tertiary/aromatic N) is 10. The van der Waals surface area contributed by atoms with Crippen LogP contribution in [0.3, 0.4) is 0 Å². The van der Waals surface area contributed by atoms with Crippen LogP contribution in [-0.2, 0) is 69.7 Å². The van der Waals surface area contributed by atoms with E-state index in [-0.39, 0.29) is 21.7 Å². The lowest BCUT2D eigenvalue weighted by molar-refractivity contribution is -0.745. The van der Waals surface area contributed by atoms with Gasteiger partial charge in [0.25, 0.3) is 0 Å². The molecule has 15 aromatic rings. The summed E-state index contributed by atoms with van der Waals surface area (Å²) >= 11 is 0. The molecule has 0 saturated heterocycles. The van der Waals surface area contributed by atoms with Crippen molar-refractivity contribution in [1.29, 1.82) is 0 Å². The molecule has 2 aliphatic rings. The average Bonchev–Trinajstić information content (AvgIpc) is 1.62. The molecule has 7 heterocycles. The molecule has 121 heavy (non-hydrogen) atoms. The largest absolute Gasteiger partial charge is 0.238 e. The van der Waals surface area contributed by atoms with Gasteiger partial charge in [0.1, 0.15) is 39.8 Å². The first-order valence-corrected chi connectivity index (χ1v) is 43.6. The third kappa shape index (κ3) is 16.9. The van der Waals surface area contributed by atoms with Crippen molar-refractivity contribution in [3.05, 3.63) is 356 Å². The third-order valence-corrected chi connectivity index (χ3v) is 26.5. The van der Waals surface area contributed by atoms with Gasteiger partial charge in [-0.1, -0.05) is 275 Å². The second-order valence-corrected chi connectivity index (χ2v) is 37.7. The molecule has 0 N–H and O–H groups in total. The van der Waals surface area contributed by atoms with Gasteiger partial charge in [-0.15, -0.1) is 46.8 Å². The van der Waals surface area contributed by atoms with Crippen LogP contribution in [0.5, 0.6) is 0 Å². The van der Waals surface area contributed by atoms with Crippen molar-refractivity contribution < 1.29 is 23.4 Å². The van der Waals surface area contributed by atoms with Crippen molar-refractivity contribution in [2.75, 3.05) is 0 Å². The summed E-state index contributed by atoms with van der Waals surface area (Å²) in [5.41, 5.74) is 42.5. The van der Waals surface area contributed by atoms with E-state index in [1.54, 1.807) is 0 Å². The number of aromatic nitrogens is 10. The highest BCUT2D eigenvalue weighted by molar-refractivity contribution is 5.77. The number of aryl methyl sites for hydroxylation is 14. The highest BCUT2D eigenvalue weighted by atomic mass is 15.4. The Kier molecular flexibility index (Phi) is 25.0. The van der Waals surface area contributed by atoms with Crippen LogP contribution in [-0.4, -0.2) is 23.4 Å². The van der Waals surface area contributed by atoms with Gasteiger partial charge in [0.05, 0.1) is 35.3 Å². The highest BCUT2D eigenvalue weighted by Crippen LogP contribution is 2.55. The summed E-state index contributed by atoms with van der Waals surface area (Å²) in [7, 11) is 10.7. The highest BCUT2D eigenvalue weighted by Gasteiger charge is 2.53. The lowest BCUT2D eigenvalue weighted by Crippen LogP contribution is -2.51. The summed E-state index contributed by atoms with van der Waals surface area (Å²) < 4.78 is 22.7. The van der Waals surface area contributed by atoms with Crippen LogP contribution in [0.25, 0.3) is 84.3 Å². The zero-order valence-corrected chi connectivity index (χ0v) is 77.9. The molecule has 0 bridgehead atoms. The summed E-state index contributed by atoms with van der Waals surface area (Å²) in [5.74, 6) is 1.25. The molecule has 0 saturated carbocycles. The Morgan fingerprint density at radius 3 is 1.08 bits per heavy atom. The van der Waals surface area contributed by atoms with Crippen LogP contribution >= 0.6 is 0 Å². The molecule has 0 radical (unpaired) electrons. The van der Waals surface area contributed by atoms with Gasteiger partial charge >= 0.3 is 0 Å². The summed E-state index contributed by atoms with van der Waals surface area (Å²) in [5, 5.41) is 0. The maximum atomic E-state index is 2.51. The quantitative estimate of drug-likeness (QED) is 0.109. The van der Waals surface area contributed by atoms with Gasteiger partial charge in [0, 0.05) is 44.9 Å². The summed E-state index contributed by atoms with van der Waals surface area (Å²) in [6, 6.07) is 80.7. The topological polar surface area (TPSA) is 44.0 Å². The summed E-state index contributed by atoms with van der Waals surface area (Å²) in [6.45, 7) is 52.6. The third-order valence-electron chi connectivity index (χ3n) is 26.5. The molecule has 17 rings (SSSR count). The van der Waals surface area contributed by atoms with Crippen molar-refractivity contribution in [3.8, 4) is 84.3 Å². The van der Waals surface area contributed by atoms with E-state index in [0.29, 0.717) is 11.8 Å². The van der Waals surface area contributed by atoms with Crippen LogP contribution in [0.15, 0.2) is 262 Å². The molecule has 0 spiro atoms. The Morgan fingerprint density at radius 2 is 0.653 bits per heavy atom. The Hall–Kier alpha value is -11.8. The number of benzene rings is 10. The number of fused-ring (bicyclic) bond motifs is 6. The lowest BCUT2D eigenvalue weighted by atomic mass is 9.59. The maximum absolute atomic E-state index is 2.51. The normalized spacial score (nSPS) is 13.6. The molecule has 2 aliphatic heterocycles. The SMILES string of the molecule is Cc1cc(C)cc(-c2c[n+](C)n3c2C(C)(C)C(C)(C)c2cccc(C)c2-3)c1.Cc1cc(C)cc(-c2ccn(-c3ccccc3C)[n+]2C)c1.Cc1cccc2c1-n1c(c(-c3c(CC(C)C)cccc3CC(C)C)c[n+]1C)C(C)(C)C2(C)C.Cc1ccccc1-n1cc(-c2c(C)cccc2C)c[n+]1C.Cc1ccccc1-n1ccc(-c2ccccc2)[n+]1C. The van der Waals surface area contributed by atoms with Crippen molar-refractivity contribution >= 4 is 0 Å². The van der Waals surface area contributed by atoms with E-state index in [4.69, 9.17) is 0 Å². The smallest absolute Gasteiger partial charge is 0.128 e. The summed E-state index contributed by atoms with van der Waals surface area (Å²) in [6.07, 6.45) is 15.6. The van der Waals surface area contributed by atoms with Crippen molar-refractivity contribution in [1.82, 2.24) is 23.4 Å². The fourth-order valence-electron chi connectivity index (χ4n) is 19.1. The second-order valence-electron chi connectivity index (χ2n) is 37.7. The van der Waals surface area contributed by atoms with E-state index in [0.717, 1.165) is 12.8 Å². The van der Waals surface area contributed by atoms with Gasteiger partial charge in [-0.25, -0.2) is 0 Å². The molecule has 0 amide bonds. The van der Waals surface area contributed by atoms with Crippen LogP contribution < -0.4 is 23.4 Å². The lowest BCUT2D eigenvalue weighted by Gasteiger charge is -2.46. The maximum Gasteiger partial charge on any atom is 0.238 e. The molecule has 5 aromatic heterocycles. The fourth-order valence-corrected chi connectivity index (χ4v) is 19.1. The minimum atomic E-state index is -0.0373. The van der Waals surface area contributed by atoms with Crippen molar-refractivity contribution in [2.24, 2.45) is 47.1 Å². The Morgan fingerprint density at radius 1 is 0.298 bits per heavy atom. The first-order valence-electron chi connectivity index (χ1n) is 43.6. The molecule has 10 heteroatoms. The molecule has 10 nitrogen and oxygen atoms in total. The molecule has 0 unspecified atom stereocenters.